The predicted molar refractivity (Wildman–Crippen MR) is 69.2 cm³/mol. The Bertz CT molecular complexity index is 349. The molecule has 2 unspecified atom stereocenters. The quantitative estimate of drug-likeness (QED) is 0.735. The first kappa shape index (κ1) is 12.6. The Kier molecular flexibility index (Phi) is 4.57. The molecule has 1 N–H and O–H groups in total. The first-order valence-corrected chi connectivity index (χ1v) is 6.65. The second-order valence-electron chi connectivity index (χ2n) is 4.83. The normalized spacial score (nSPS) is 19.5. The van der Waals surface area contributed by atoms with Gasteiger partial charge in [0.05, 0.1) is 6.10 Å². The van der Waals surface area contributed by atoms with Gasteiger partial charge in [0.1, 0.15) is 0 Å². The Morgan fingerprint density at radius 3 is 3.00 bits per heavy atom. The molecule has 0 spiro atoms. The zero-order valence-corrected chi connectivity index (χ0v) is 10.6. The second kappa shape index (κ2) is 6.18. The molecule has 0 saturated heterocycles. The molecule has 0 aliphatic heterocycles. The van der Waals surface area contributed by atoms with Gasteiger partial charge in [0, 0.05) is 13.2 Å². The highest BCUT2D eigenvalue weighted by molar-refractivity contribution is 5.39. The van der Waals surface area contributed by atoms with E-state index in [0.717, 1.165) is 38.9 Å². The van der Waals surface area contributed by atoms with Crippen LogP contribution in [0.5, 0.6) is 0 Å². The lowest BCUT2D eigenvalue weighted by molar-refractivity contribution is 0.105. The molecule has 0 bridgehead atoms. The second-order valence-corrected chi connectivity index (χ2v) is 4.83. The maximum absolute atomic E-state index is 9.95. The summed E-state index contributed by atoms with van der Waals surface area (Å²) in [7, 11) is 0. The van der Waals surface area contributed by atoms with E-state index in [9.17, 15) is 5.11 Å². The monoisotopic (exact) mass is 234 g/mol. The van der Waals surface area contributed by atoms with E-state index in [4.69, 9.17) is 4.74 Å². The summed E-state index contributed by atoms with van der Waals surface area (Å²) >= 11 is 0. The number of hydrogen-bond acceptors (Lipinski definition) is 2. The summed E-state index contributed by atoms with van der Waals surface area (Å²) in [6, 6.07) is 8.56. The Labute approximate surface area is 104 Å². The number of fused-ring (bicyclic) bond motifs is 1. The number of aliphatic hydroxyl groups is 1. The molecular weight excluding hydrogens is 212 g/mol. The van der Waals surface area contributed by atoms with E-state index in [0.29, 0.717) is 5.92 Å². The number of rotatable bonds is 7. The van der Waals surface area contributed by atoms with Crippen molar-refractivity contribution >= 4 is 0 Å². The number of aliphatic hydroxyl groups excluding tert-OH is 1. The van der Waals surface area contributed by atoms with Crippen molar-refractivity contribution in [1.82, 2.24) is 0 Å². The van der Waals surface area contributed by atoms with Crippen molar-refractivity contribution in [2.24, 2.45) is 0 Å². The van der Waals surface area contributed by atoms with Gasteiger partial charge in [-0.05, 0) is 49.7 Å². The SMILES string of the molecule is CCOCCCC(O)CC1Cc2ccccc21. The third-order valence-electron chi connectivity index (χ3n) is 3.55. The smallest absolute Gasteiger partial charge is 0.0547 e. The standard InChI is InChI=1S/C15H22O2/c1-2-17-9-5-7-14(16)11-13-10-12-6-3-4-8-15(12)13/h3-4,6,8,13-14,16H,2,5,7,9-11H2,1H3. The molecule has 2 nitrogen and oxygen atoms in total. The lowest BCUT2D eigenvalue weighted by atomic mass is 9.74. The summed E-state index contributed by atoms with van der Waals surface area (Å²) in [5.74, 6) is 0.577. The van der Waals surface area contributed by atoms with Crippen molar-refractivity contribution < 1.29 is 9.84 Å². The predicted octanol–water partition coefficient (Wildman–Crippen LogP) is 2.89. The Morgan fingerprint density at radius 1 is 1.41 bits per heavy atom. The molecule has 2 heteroatoms. The average molecular weight is 234 g/mol. The zero-order chi connectivity index (χ0) is 12.1. The van der Waals surface area contributed by atoms with E-state index in [1.54, 1.807) is 0 Å². The van der Waals surface area contributed by atoms with Crippen LogP contribution in [0.25, 0.3) is 0 Å². The summed E-state index contributed by atoms with van der Waals surface area (Å²) in [6.07, 6.45) is 3.69. The van der Waals surface area contributed by atoms with Crippen LogP contribution in [-0.4, -0.2) is 24.4 Å². The molecule has 2 rings (SSSR count). The fourth-order valence-electron chi connectivity index (χ4n) is 2.58. The van der Waals surface area contributed by atoms with Crippen LogP contribution in [0.2, 0.25) is 0 Å². The Morgan fingerprint density at radius 2 is 2.24 bits per heavy atom. The van der Waals surface area contributed by atoms with E-state index < -0.39 is 0 Å². The van der Waals surface area contributed by atoms with Crippen LogP contribution in [0.3, 0.4) is 0 Å². The van der Waals surface area contributed by atoms with Gasteiger partial charge in [0.25, 0.3) is 0 Å². The van der Waals surface area contributed by atoms with Crippen LogP contribution >= 0.6 is 0 Å². The molecule has 2 atom stereocenters. The third kappa shape index (κ3) is 3.30. The Balaban J connectivity index is 1.69. The number of ether oxygens (including phenoxy) is 1. The summed E-state index contributed by atoms with van der Waals surface area (Å²) in [4.78, 5) is 0. The minimum atomic E-state index is -0.172. The van der Waals surface area contributed by atoms with Gasteiger partial charge in [0.15, 0.2) is 0 Å². The average Bonchev–Trinajstić information content (AvgIpc) is 2.32. The number of benzene rings is 1. The molecule has 94 valence electrons. The van der Waals surface area contributed by atoms with Crippen LogP contribution in [0.15, 0.2) is 24.3 Å². The molecule has 0 aromatic heterocycles. The fraction of sp³-hybridized carbons (Fsp3) is 0.600. The van der Waals surface area contributed by atoms with Crippen molar-refractivity contribution in [1.29, 1.82) is 0 Å². The summed E-state index contributed by atoms with van der Waals surface area (Å²) in [5.41, 5.74) is 2.90. The minimum Gasteiger partial charge on any atom is -0.393 e. The maximum atomic E-state index is 9.95. The molecule has 1 aliphatic carbocycles. The molecule has 1 aliphatic rings. The van der Waals surface area contributed by atoms with Gasteiger partial charge in [-0.3, -0.25) is 0 Å². The molecule has 17 heavy (non-hydrogen) atoms. The van der Waals surface area contributed by atoms with Gasteiger partial charge < -0.3 is 9.84 Å². The lowest BCUT2D eigenvalue weighted by Crippen LogP contribution is -2.22. The lowest BCUT2D eigenvalue weighted by Gasteiger charge is -2.31. The minimum absolute atomic E-state index is 0.172. The first-order valence-electron chi connectivity index (χ1n) is 6.65. The molecule has 1 aromatic rings. The van der Waals surface area contributed by atoms with Gasteiger partial charge >= 0.3 is 0 Å². The Hall–Kier alpha value is -0.860. The summed E-state index contributed by atoms with van der Waals surface area (Å²) < 4.78 is 5.27. The molecule has 0 heterocycles. The van der Waals surface area contributed by atoms with Crippen LogP contribution in [0.1, 0.15) is 43.2 Å². The van der Waals surface area contributed by atoms with Gasteiger partial charge in [0.2, 0.25) is 0 Å². The van der Waals surface area contributed by atoms with Gasteiger partial charge in [-0.1, -0.05) is 24.3 Å². The van der Waals surface area contributed by atoms with Crippen molar-refractivity contribution in [2.45, 2.75) is 44.6 Å². The molecular formula is C15H22O2. The highest BCUT2D eigenvalue weighted by atomic mass is 16.5. The fourth-order valence-corrected chi connectivity index (χ4v) is 2.58. The van der Waals surface area contributed by atoms with E-state index >= 15 is 0 Å². The molecule has 1 aromatic carbocycles. The van der Waals surface area contributed by atoms with Gasteiger partial charge in [-0.2, -0.15) is 0 Å². The third-order valence-corrected chi connectivity index (χ3v) is 3.55. The first-order chi connectivity index (χ1) is 8.31. The van der Waals surface area contributed by atoms with Crippen LogP contribution in [0, 0.1) is 0 Å². The van der Waals surface area contributed by atoms with Crippen molar-refractivity contribution in [3.8, 4) is 0 Å². The van der Waals surface area contributed by atoms with Crippen molar-refractivity contribution in [3.05, 3.63) is 35.4 Å². The highest BCUT2D eigenvalue weighted by Crippen LogP contribution is 2.38. The topological polar surface area (TPSA) is 29.5 Å². The molecule has 0 amide bonds. The summed E-state index contributed by atoms with van der Waals surface area (Å²) in [5, 5.41) is 9.95. The largest absolute Gasteiger partial charge is 0.393 e. The van der Waals surface area contributed by atoms with Gasteiger partial charge in [-0.25, -0.2) is 0 Å². The van der Waals surface area contributed by atoms with Crippen molar-refractivity contribution in [2.75, 3.05) is 13.2 Å². The van der Waals surface area contributed by atoms with Crippen LogP contribution in [0.4, 0.5) is 0 Å². The van der Waals surface area contributed by atoms with Crippen LogP contribution in [-0.2, 0) is 11.2 Å². The van der Waals surface area contributed by atoms with Crippen LogP contribution < -0.4 is 0 Å². The van der Waals surface area contributed by atoms with Crippen molar-refractivity contribution in [3.63, 3.8) is 0 Å². The van der Waals surface area contributed by atoms with Gasteiger partial charge in [-0.15, -0.1) is 0 Å². The number of hydrogen-bond donors (Lipinski definition) is 1. The maximum Gasteiger partial charge on any atom is 0.0547 e. The highest BCUT2D eigenvalue weighted by Gasteiger charge is 2.27. The molecule has 0 saturated carbocycles. The zero-order valence-electron chi connectivity index (χ0n) is 10.6. The van der Waals surface area contributed by atoms with E-state index in [1.807, 2.05) is 6.92 Å². The van der Waals surface area contributed by atoms with E-state index in [1.165, 1.54) is 11.1 Å². The molecule has 0 radical (unpaired) electrons. The molecule has 0 fully saturated rings. The van der Waals surface area contributed by atoms with E-state index in [-0.39, 0.29) is 6.10 Å². The summed E-state index contributed by atoms with van der Waals surface area (Å²) in [6.45, 7) is 3.54. The van der Waals surface area contributed by atoms with E-state index in [2.05, 4.69) is 24.3 Å².